The smallest absolute Gasteiger partial charge is 0 e. The molecule has 0 aliphatic heterocycles. The second-order valence-electron chi connectivity index (χ2n) is 4.32. The van der Waals surface area contributed by atoms with E-state index in [9.17, 15) is 0 Å². The number of hydrogen-bond donors (Lipinski definition) is 0. The van der Waals surface area contributed by atoms with E-state index in [-0.39, 0.29) is 1.43 Å². The highest BCUT2D eigenvalue weighted by Crippen LogP contribution is 2.31. The molecule has 1 aliphatic carbocycles. The van der Waals surface area contributed by atoms with E-state index in [1.54, 1.807) is 11.1 Å². The maximum Gasteiger partial charge on any atom is 0 e. The Hall–Kier alpha value is -1.04. The van der Waals surface area contributed by atoms with Crippen LogP contribution >= 0.6 is 0 Å². The predicted molar refractivity (Wildman–Crippen MR) is 64.6 cm³/mol. The molecule has 0 amide bonds. The Bertz CT molecular complexity index is 389. The fraction of sp³-hybridized carbons (Fsp3) is 0.429. The van der Waals surface area contributed by atoms with Gasteiger partial charge in [-0.3, -0.25) is 0 Å². The second kappa shape index (κ2) is 3.61. The van der Waals surface area contributed by atoms with Crippen molar-refractivity contribution >= 4 is 6.08 Å². The first-order chi connectivity index (χ1) is 6.72. The Labute approximate surface area is 88.1 Å². The lowest BCUT2D eigenvalue weighted by molar-refractivity contribution is 0.884. The zero-order valence-electron chi connectivity index (χ0n) is 9.35. The molecule has 0 heteroatoms. The lowest BCUT2D eigenvalue weighted by atomic mass is 9.99. The summed E-state index contributed by atoms with van der Waals surface area (Å²) in [5.41, 5.74) is 7.55. The van der Waals surface area contributed by atoms with Crippen molar-refractivity contribution in [1.82, 2.24) is 0 Å². The number of rotatable bonds is 2. The van der Waals surface area contributed by atoms with Crippen LogP contribution in [0.1, 0.15) is 43.4 Å². The average Bonchev–Trinajstić information content (AvgIpc) is 2.57. The molecule has 0 atom stereocenters. The van der Waals surface area contributed by atoms with Crippen molar-refractivity contribution in [2.24, 2.45) is 0 Å². The molecule has 0 saturated heterocycles. The Kier molecular flexibility index (Phi) is 2.45. The summed E-state index contributed by atoms with van der Waals surface area (Å²) in [7, 11) is 0. The van der Waals surface area contributed by atoms with Crippen LogP contribution in [0.2, 0.25) is 0 Å². The topological polar surface area (TPSA) is 0 Å². The Morgan fingerprint density at radius 2 is 1.93 bits per heavy atom. The summed E-state index contributed by atoms with van der Waals surface area (Å²) in [4.78, 5) is 0. The van der Waals surface area contributed by atoms with Crippen LogP contribution in [0.3, 0.4) is 0 Å². The monoisotopic (exact) mass is 188 g/mol. The van der Waals surface area contributed by atoms with E-state index < -0.39 is 0 Å². The number of hydrogen-bond acceptors (Lipinski definition) is 0. The SMILES string of the molecule is CCCC1=Cc2c(C)ccc(C)c2C1.[HH]. The zero-order valence-corrected chi connectivity index (χ0v) is 9.35. The lowest BCUT2D eigenvalue weighted by Crippen LogP contribution is -1.91. The molecule has 2 rings (SSSR count). The van der Waals surface area contributed by atoms with Crippen LogP contribution in [-0.2, 0) is 6.42 Å². The van der Waals surface area contributed by atoms with E-state index in [1.165, 1.54) is 36.0 Å². The zero-order chi connectivity index (χ0) is 10.1. The third-order valence-corrected chi connectivity index (χ3v) is 3.13. The van der Waals surface area contributed by atoms with Crippen molar-refractivity contribution in [1.29, 1.82) is 0 Å². The van der Waals surface area contributed by atoms with Gasteiger partial charge in [0.2, 0.25) is 0 Å². The lowest BCUT2D eigenvalue weighted by Gasteiger charge is -2.06. The van der Waals surface area contributed by atoms with Gasteiger partial charge in [-0.1, -0.05) is 37.1 Å². The molecule has 0 radical (unpaired) electrons. The Morgan fingerprint density at radius 1 is 1.21 bits per heavy atom. The first-order valence-corrected chi connectivity index (χ1v) is 5.51. The molecule has 0 unspecified atom stereocenters. The van der Waals surface area contributed by atoms with Crippen molar-refractivity contribution in [3.63, 3.8) is 0 Å². The summed E-state index contributed by atoms with van der Waals surface area (Å²) >= 11 is 0. The third-order valence-electron chi connectivity index (χ3n) is 3.13. The Morgan fingerprint density at radius 3 is 2.57 bits per heavy atom. The van der Waals surface area contributed by atoms with Crippen LogP contribution < -0.4 is 0 Å². The number of fused-ring (bicyclic) bond motifs is 1. The summed E-state index contributed by atoms with van der Waals surface area (Å²) < 4.78 is 0. The van der Waals surface area contributed by atoms with Gasteiger partial charge in [0.05, 0.1) is 0 Å². The van der Waals surface area contributed by atoms with Gasteiger partial charge in [-0.2, -0.15) is 0 Å². The van der Waals surface area contributed by atoms with Crippen molar-refractivity contribution in [3.05, 3.63) is 40.0 Å². The summed E-state index contributed by atoms with van der Waals surface area (Å²) in [6.45, 7) is 6.69. The van der Waals surface area contributed by atoms with Gasteiger partial charge in [-0.05, 0) is 48.9 Å². The fourth-order valence-corrected chi connectivity index (χ4v) is 2.29. The van der Waals surface area contributed by atoms with Crippen molar-refractivity contribution in [2.75, 3.05) is 0 Å². The molecular weight excluding hydrogens is 168 g/mol. The van der Waals surface area contributed by atoms with Crippen LogP contribution in [-0.4, -0.2) is 0 Å². The van der Waals surface area contributed by atoms with Gasteiger partial charge in [0.1, 0.15) is 0 Å². The van der Waals surface area contributed by atoms with E-state index in [4.69, 9.17) is 0 Å². The Balaban J connectivity index is 0.00000112. The molecule has 0 heterocycles. The van der Waals surface area contributed by atoms with Crippen LogP contribution in [0.25, 0.3) is 6.08 Å². The molecule has 0 bridgehead atoms. The number of allylic oxidation sites excluding steroid dienone is 1. The first-order valence-electron chi connectivity index (χ1n) is 5.51. The van der Waals surface area contributed by atoms with Crippen LogP contribution in [0.5, 0.6) is 0 Å². The molecule has 0 spiro atoms. The second-order valence-corrected chi connectivity index (χ2v) is 4.32. The van der Waals surface area contributed by atoms with Crippen molar-refractivity contribution < 1.29 is 1.43 Å². The van der Waals surface area contributed by atoms with Gasteiger partial charge in [0.25, 0.3) is 0 Å². The molecular formula is C14H20. The van der Waals surface area contributed by atoms with E-state index >= 15 is 0 Å². The maximum atomic E-state index is 2.40. The van der Waals surface area contributed by atoms with E-state index in [0.29, 0.717) is 0 Å². The quantitative estimate of drug-likeness (QED) is 0.649. The first kappa shape index (κ1) is 9.51. The van der Waals surface area contributed by atoms with Gasteiger partial charge in [0.15, 0.2) is 0 Å². The van der Waals surface area contributed by atoms with Gasteiger partial charge in [0, 0.05) is 1.43 Å². The highest BCUT2D eigenvalue weighted by Gasteiger charge is 2.15. The van der Waals surface area contributed by atoms with Gasteiger partial charge >= 0.3 is 0 Å². The van der Waals surface area contributed by atoms with E-state index in [1.807, 2.05) is 0 Å². The molecule has 1 aromatic rings. The van der Waals surface area contributed by atoms with Gasteiger partial charge in [-0.15, -0.1) is 0 Å². The highest BCUT2D eigenvalue weighted by molar-refractivity contribution is 5.68. The largest absolute Gasteiger partial charge is 0.0652 e. The molecule has 0 aromatic heterocycles. The minimum absolute atomic E-state index is 0. The van der Waals surface area contributed by atoms with E-state index in [0.717, 1.165) is 0 Å². The molecule has 14 heavy (non-hydrogen) atoms. The minimum Gasteiger partial charge on any atom is -0.0652 e. The highest BCUT2D eigenvalue weighted by atomic mass is 14.2. The number of aryl methyl sites for hydroxylation is 2. The van der Waals surface area contributed by atoms with Crippen LogP contribution in [0, 0.1) is 13.8 Å². The summed E-state index contributed by atoms with van der Waals surface area (Å²) in [6.07, 6.45) is 6.11. The van der Waals surface area contributed by atoms with Crippen LogP contribution in [0.4, 0.5) is 0 Å². The molecule has 1 aromatic carbocycles. The summed E-state index contributed by atoms with van der Waals surface area (Å²) in [5, 5.41) is 0. The van der Waals surface area contributed by atoms with Gasteiger partial charge in [-0.25, -0.2) is 0 Å². The average molecular weight is 188 g/mol. The maximum absolute atomic E-state index is 2.40. The molecule has 0 saturated carbocycles. The molecule has 1 aliphatic rings. The van der Waals surface area contributed by atoms with Crippen molar-refractivity contribution in [2.45, 2.75) is 40.0 Å². The van der Waals surface area contributed by atoms with Crippen LogP contribution in [0.15, 0.2) is 17.7 Å². The molecule has 0 nitrogen and oxygen atoms in total. The molecule has 76 valence electrons. The van der Waals surface area contributed by atoms with Crippen molar-refractivity contribution in [3.8, 4) is 0 Å². The third kappa shape index (κ3) is 1.50. The van der Waals surface area contributed by atoms with E-state index in [2.05, 4.69) is 39.0 Å². The summed E-state index contributed by atoms with van der Waals surface area (Å²) in [6, 6.07) is 4.48. The van der Waals surface area contributed by atoms with Gasteiger partial charge < -0.3 is 0 Å². The fourth-order valence-electron chi connectivity index (χ4n) is 2.29. The standard InChI is InChI=1S/C14H18.H2/c1-4-5-12-8-13-10(2)6-7-11(3)14(13)9-12;/h6-8H,4-5,9H2,1-3H3;1H. The molecule has 0 fully saturated rings. The predicted octanol–water partition coefficient (Wildman–Crippen LogP) is 4.29. The normalized spacial score (nSPS) is 14.1. The minimum atomic E-state index is 0. The number of benzene rings is 1. The molecule has 0 N–H and O–H groups in total. The summed E-state index contributed by atoms with van der Waals surface area (Å²) in [5.74, 6) is 0.